The first-order valence-electron chi connectivity index (χ1n) is 8.18. The number of rotatable bonds is 4. The summed E-state index contributed by atoms with van der Waals surface area (Å²) >= 11 is 1.30. The molecule has 25 heavy (non-hydrogen) atoms. The summed E-state index contributed by atoms with van der Waals surface area (Å²) in [7, 11) is 0. The highest BCUT2D eigenvalue weighted by molar-refractivity contribution is 7.13. The van der Waals surface area contributed by atoms with Gasteiger partial charge in [-0.25, -0.2) is 4.98 Å². The number of aromatic nitrogens is 1. The SMILES string of the molecule is CC1CC(C)CN(c2ccc(C(=O)Nc3nccs3)cc2[N+](=O)[O-])C1. The van der Waals surface area contributed by atoms with Crippen LogP contribution >= 0.6 is 11.3 Å². The number of amides is 1. The Labute approximate surface area is 149 Å². The molecule has 2 atom stereocenters. The lowest BCUT2D eigenvalue weighted by Gasteiger charge is -2.36. The van der Waals surface area contributed by atoms with E-state index in [1.165, 1.54) is 17.4 Å². The summed E-state index contributed by atoms with van der Waals surface area (Å²) in [6.07, 6.45) is 2.71. The van der Waals surface area contributed by atoms with Crippen molar-refractivity contribution in [2.24, 2.45) is 11.8 Å². The van der Waals surface area contributed by atoms with Crippen LogP contribution < -0.4 is 10.2 Å². The molecule has 1 aliphatic heterocycles. The maximum absolute atomic E-state index is 12.3. The lowest BCUT2D eigenvalue weighted by atomic mass is 9.91. The number of benzene rings is 1. The molecule has 7 nitrogen and oxygen atoms in total. The number of nitro groups is 1. The Morgan fingerprint density at radius 2 is 2.08 bits per heavy atom. The number of nitrogens with zero attached hydrogens (tertiary/aromatic N) is 3. The normalized spacial score (nSPS) is 20.3. The molecule has 132 valence electrons. The van der Waals surface area contributed by atoms with Crippen LogP contribution in [0.4, 0.5) is 16.5 Å². The van der Waals surface area contributed by atoms with Gasteiger partial charge in [0.05, 0.1) is 4.92 Å². The number of hydrogen-bond donors (Lipinski definition) is 1. The lowest BCUT2D eigenvalue weighted by molar-refractivity contribution is -0.384. The molecule has 1 N–H and O–H groups in total. The van der Waals surface area contributed by atoms with Gasteiger partial charge in [-0.05, 0) is 30.4 Å². The minimum absolute atomic E-state index is 0.0342. The van der Waals surface area contributed by atoms with Gasteiger partial charge in [0.2, 0.25) is 0 Å². The Balaban J connectivity index is 1.88. The molecule has 0 radical (unpaired) electrons. The summed E-state index contributed by atoms with van der Waals surface area (Å²) < 4.78 is 0. The van der Waals surface area contributed by atoms with E-state index in [1.807, 2.05) is 0 Å². The second-order valence-electron chi connectivity index (χ2n) is 6.60. The zero-order valence-corrected chi connectivity index (χ0v) is 15.0. The Hall–Kier alpha value is -2.48. The molecule has 0 saturated carbocycles. The van der Waals surface area contributed by atoms with E-state index in [2.05, 4.69) is 29.0 Å². The van der Waals surface area contributed by atoms with Crippen molar-refractivity contribution in [2.45, 2.75) is 20.3 Å². The molecule has 1 amide bonds. The van der Waals surface area contributed by atoms with Crippen molar-refractivity contribution in [3.05, 3.63) is 45.5 Å². The van der Waals surface area contributed by atoms with Crippen molar-refractivity contribution >= 4 is 33.8 Å². The van der Waals surface area contributed by atoms with Crippen LogP contribution in [-0.4, -0.2) is 28.9 Å². The third-order valence-electron chi connectivity index (χ3n) is 4.30. The van der Waals surface area contributed by atoms with Crippen molar-refractivity contribution in [3.63, 3.8) is 0 Å². The Morgan fingerprint density at radius 3 is 2.68 bits per heavy atom. The maximum Gasteiger partial charge on any atom is 0.293 e. The van der Waals surface area contributed by atoms with E-state index >= 15 is 0 Å². The van der Waals surface area contributed by atoms with Crippen LogP contribution in [0, 0.1) is 22.0 Å². The van der Waals surface area contributed by atoms with Crippen molar-refractivity contribution in [1.82, 2.24) is 4.98 Å². The van der Waals surface area contributed by atoms with Gasteiger partial charge in [-0.1, -0.05) is 13.8 Å². The van der Waals surface area contributed by atoms with Gasteiger partial charge >= 0.3 is 0 Å². The fourth-order valence-electron chi connectivity index (χ4n) is 3.39. The van der Waals surface area contributed by atoms with Crippen molar-refractivity contribution in [1.29, 1.82) is 0 Å². The van der Waals surface area contributed by atoms with Crippen LogP contribution in [0.1, 0.15) is 30.6 Å². The van der Waals surface area contributed by atoms with Gasteiger partial charge in [-0.15, -0.1) is 11.3 Å². The van der Waals surface area contributed by atoms with Crippen molar-refractivity contribution in [3.8, 4) is 0 Å². The highest BCUT2D eigenvalue weighted by Crippen LogP contribution is 2.34. The van der Waals surface area contributed by atoms with E-state index in [4.69, 9.17) is 0 Å². The molecule has 8 heteroatoms. The van der Waals surface area contributed by atoms with Crippen molar-refractivity contribution < 1.29 is 9.72 Å². The molecule has 0 aliphatic carbocycles. The monoisotopic (exact) mass is 360 g/mol. The smallest absolute Gasteiger partial charge is 0.293 e. The Kier molecular flexibility index (Phi) is 4.98. The van der Waals surface area contributed by atoms with Gasteiger partial charge in [0.15, 0.2) is 5.13 Å². The fourth-order valence-corrected chi connectivity index (χ4v) is 3.92. The summed E-state index contributed by atoms with van der Waals surface area (Å²) in [6.45, 7) is 5.89. The summed E-state index contributed by atoms with van der Waals surface area (Å²) in [5.41, 5.74) is 0.797. The van der Waals surface area contributed by atoms with Gasteiger partial charge in [-0.2, -0.15) is 0 Å². The molecule has 1 saturated heterocycles. The molecular formula is C17H20N4O3S. The molecule has 2 unspecified atom stereocenters. The minimum Gasteiger partial charge on any atom is -0.365 e. The number of nitro benzene ring substituents is 1. The first-order chi connectivity index (χ1) is 11.9. The summed E-state index contributed by atoms with van der Waals surface area (Å²) in [5.74, 6) is 0.567. The topological polar surface area (TPSA) is 88.4 Å². The number of thiazole rings is 1. The van der Waals surface area contributed by atoms with Crippen LogP contribution in [0.25, 0.3) is 0 Å². The standard InChI is InChI=1S/C17H20N4O3S/c1-11-7-12(2)10-20(9-11)14-4-3-13(8-15(14)21(23)24)16(22)19-17-18-5-6-25-17/h3-6,8,11-12H,7,9-10H2,1-2H3,(H,18,19,22). The third kappa shape index (κ3) is 3.96. The number of carbonyl (C=O) groups is 1. The number of hydrogen-bond acceptors (Lipinski definition) is 6. The summed E-state index contributed by atoms with van der Waals surface area (Å²) in [6, 6.07) is 4.66. The molecule has 1 aromatic carbocycles. The van der Waals surface area contributed by atoms with E-state index in [9.17, 15) is 14.9 Å². The maximum atomic E-state index is 12.3. The zero-order valence-electron chi connectivity index (χ0n) is 14.1. The largest absolute Gasteiger partial charge is 0.365 e. The average Bonchev–Trinajstić information content (AvgIpc) is 3.06. The second kappa shape index (κ2) is 7.18. The van der Waals surface area contributed by atoms with E-state index in [1.54, 1.807) is 23.7 Å². The van der Waals surface area contributed by atoms with Crippen LogP contribution in [0.5, 0.6) is 0 Å². The zero-order chi connectivity index (χ0) is 18.0. The quantitative estimate of drug-likeness (QED) is 0.662. The van der Waals surface area contributed by atoms with Gasteiger partial charge in [0, 0.05) is 36.3 Å². The van der Waals surface area contributed by atoms with Crippen LogP contribution in [0.3, 0.4) is 0 Å². The van der Waals surface area contributed by atoms with Crippen LogP contribution in [0.2, 0.25) is 0 Å². The van der Waals surface area contributed by atoms with Gasteiger partial charge in [-0.3, -0.25) is 20.2 Å². The first kappa shape index (κ1) is 17.3. The molecule has 2 aromatic rings. The van der Waals surface area contributed by atoms with E-state index in [0.717, 1.165) is 19.5 Å². The van der Waals surface area contributed by atoms with Gasteiger partial charge in [0.25, 0.3) is 11.6 Å². The summed E-state index contributed by atoms with van der Waals surface area (Å²) in [4.78, 5) is 29.5. The van der Waals surface area contributed by atoms with Gasteiger partial charge < -0.3 is 4.90 Å². The predicted octanol–water partition coefficient (Wildman–Crippen LogP) is 3.79. The average molecular weight is 360 g/mol. The van der Waals surface area contributed by atoms with E-state index in [0.29, 0.717) is 22.7 Å². The second-order valence-corrected chi connectivity index (χ2v) is 7.50. The number of piperidine rings is 1. The molecule has 1 aliphatic rings. The molecule has 0 spiro atoms. The highest BCUT2D eigenvalue weighted by atomic mass is 32.1. The van der Waals surface area contributed by atoms with Crippen LogP contribution in [-0.2, 0) is 0 Å². The Bertz CT molecular complexity index is 768. The number of nitrogens with one attached hydrogen (secondary N) is 1. The molecule has 3 rings (SSSR count). The molecule has 1 fully saturated rings. The van der Waals surface area contributed by atoms with Crippen LogP contribution in [0.15, 0.2) is 29.8 Å². The number of anilines is 2. The minimum atomic E-state index is -0.417. The molecule has 1 aromatic heterocycles. The lowest BCUT2D eigenvalue weighted by Crippen LogP contribution is -2.39. The first-order valence-corrected chi connectivity index (χ1v) is 9.06. The van der Waals surface area contributed by atoms with Crippen molar-refractivity contribution in [2.75, 3.05) is 23.3 Å². The predicted molar refractivity (Wildman–Crippen MR) is 98.3 cm³/mol. The van der Waals surface area contributed by atoms with E-state index in [-0.39, 0.29) is 11.3 Å². The van der Waals surface area contributed by atoms with E-state index < -0.39 is 10.8 Å². The Morgan fingerprint density at radius 1 is 1.36 bits per heavy atom. The molecule has 0 bridgehead atoms. The number of carbonyl (C=O) groups excluding carboxylic acids is 1. The van der Waals surface area contributed by atoms with Gasteiger partial charge in [0.1, 0.15) is 5.69 Å². The fraction of sp³-hybridized carbons (Fsp3) is 0.412. The highest BCUT2D eigenvalue weighted by Gasteiger charge is 2.27. The molecule has 2 heterocycles. The molecular weight excluding hydrogens is 340 g/mol. The summed E-state index contributed by atoms with van der Waals surface area (Å²) in [5, 5.41) is 16.4. The third-order valence-corrected chi connectivity index (χ3v) is 4.99.